The zero-order valence-electron chi connectivity index (χ0n) is 11.4. The van der Waals surface area contributed by atoms with Crippen LogP contribution < -0.4 is 4.90 Å². The molecule has 0 bridgehead atoms. The molecule has 0 saturated carbocycles. The van der Waals surface area contributed by atoms with Gasteiger partial charge in [-0.1, -0.05) is 11.6 Å². The topological polar surface area (TPSA) is 41.8 Å². The number of nitrogens with one attached hydrogen (secondary N) is 1. The highest BCUT2D eigenvalue weighted by molar-refractivity contribution is 7.91. The Morgan fingerprint density at radius 3 is 2.63 bits per heavy atom. The molecule has 19 heavy (non-hydrogen) atoms. The SMILES string of the molecule is CC(C)=CC[NH+]1CCN(S(=O)(=O)c2cccs2)CC1. The van der Waals surface area contributed by atoms with Crippen LogP contribution >= 0.6 is 11.3 Å². The van der Waals surface area contributed by atoms with Gasteiger partial charge in [0, 0.05) is 0 Å². The van der Waals surface area contributed by atoms with E-state index in [0.717, 1.165) is 19.6 Å². The van der Waals surface area contributed by atoms with Crippen molar-refractivity contribution in [3.05, 3.63) is 29.2 Å². The second kappa shape index (κ2) is 6.17. The number of rotatable bonds is 4. The molecule has 0 radical (unpaired) electrons. The van der Waals surface area contributed by atoms with Gasteiger partial charge in [-0.3, -0.25) is 0 Å². The van der Waals surface area contributed by atoms with Crippen molar-refractivity contribution in [1.29, 1.82) is 0 Å². The fraction of sp³-hybridized carbons (Fsp3) is 0.538. The molecule has 2 heterocycles. The third-order valence-corrected chi connectivity index (χ3v) is 6.59. The summed E-state index contributed by atoms with van der Waals surface area (Å²) in [4.78, 5) is 1.46. The summed E-state index contributed by atoms with van der Waals surface area (Å²) in [5.74, 6) is 0. The molecule has 1 aromatic heterocycles. The van der Waals surface area contributed by atoms with E-state index in [4.69, 9.17) is 0 Å². The van der Waals surface area contributed by atoms with Gasteiger partial charge in [0.15, 0.2) is 0 Å². The number of allylic oxidation sites excluding steroid dienone is 1. The molecule has 0 amide bonds. The fourth-order valence-corrected chi connectivity index (χ4v) is 4.72. The van der Waals surface area contributed by atoms with Crippen LogP contribution in [0.1, 0.15) is 13.8 Å². The van der Waals surface area contributed by atoms with E-state index in [-0.39, 0.29) is 0 Å². The number of piperazine rings is 1. The third kappa shape index (κ3) is 3.66. The van der Waals surface area contributed by atoms with Crippen LogP contribution in [0.25, 0.3) is 0 Å². The first kappa shape index (κ1) is 14.7. The Kier molecular flexibility index (Phi) is 4.78. The molecule has 0 unspecified atom stereocenters. The van der Waals surface area contributed by atoms with Gasteiger partial charge < -0.3 is 4.90 Å². The van der Waals surface area contributed by atoms with Gasteiger partial charge in [0.1, 0.15) is 4.21 Å². The Morgan fingerprint density at radius 1 is 1.42 bits per heavy atom. The molecule has 106 valence electrons. The molecule has 1 N–H and O–H groups in total. The Morgan fingerprint density at radius 2 is 2.11 bits per heavy atom. The van der Waals surface area contributed by atoms with E-state index in [1.165, 1.54) is 21.8 Å². The average Bonchev–Trinajstić information content (AvgIpc) is 2.91. The van der Waals surface area contributed by atoms with Crippen LogP contribution in [-0.4, -0.2) is 45.4 Å². The molecule has 6 heteroatoms. The van der Waals surface area contributed by atoms with Crippen molar-refractivity contribution in [1.82, 2.24) is 4.31 Å². The molecule has 1 aromatic rings. The molecule has 2 rings (SSSR count). The van der Waals surface area contributed by atoms with Gasteiger partial charge in [0.25, 0.3) is 10.0 Å². The average molecular weight is 301 g/mol. The quantitative estimate of drug-likeness (QED) is 0.828. The van der Waals surface area contributed by atoms with Gasteiger partial charge in [0.2, 0.25) is 0 Å². The van der Waals surface area contributed by atoms with E-state index in [0.29, 0.717) is 17.3 Å². The second-order valence-electron chi connectivity index (χ2n) is 5.07. The lowest BCUT2D eigenvalue weighted by Crippen LogP contribution is -3.14. The van der Waals surface area contributed by atoms with Crippen LogP contribution in [0.5, 0.6) is 0 Å². The molecule has 0 spiro atoms. The summed E-state index contributed by atoms with van der Waals surface area (Å²) in [6.07, 6.45) is 2.22. The maximum Gasteiger partial charge on any atom is 0.252 e. The molecule has 1 saturated heterocycles. The summed E-state index contributed by atoms with van der Waals surface area (Å²) in [7, 11) is -3.25. The van der Waals surface area contributed by atoms with E-state index in [1.807, 2.05) is 5.38 Å². The van der Waals surface area contributed by atoms with Gasteiger partial charge in [-0.25, -0.2) is 8.42 Å². The number of nitrogens with zero attached hydrogens (tertiary/aromatic N) is 1. The first-order valence-corrected chi connectivity index (χ1v) is 8.82. The van der Waals surface area contributed by atoms with Crippen LogP contribution in [-0.2, 0) is 10.0 Å². The highest BCUT2D eigenvalue weighted by Gasteiger charge is 2.30. The smallest absolute Gasteiger partial charge is 0.252 e. The number of thiophene rings is 1. The van der Waals surface area contributed by atoms with Crippen LogP contribution in [0.4, 0.5) is 0 Å². The van der Waals surface area contributed by atoms with E-state index in [9.17, 15) is 8.42 Å². The number of hydrogen-bond donors (Lipinski definition) is 1. The van der Waals surface area contributed by atoms with Crippen LogP contribution in [0, 0.1) is 0 Å². The minimum absolute atomic E-state index is 0.459. The Hall–Kier alpha value is -0.690. The van der Waals surface area contributed by atoms with E-state index in [2.05, 4.69) is 19.9 Å². The molecule has 0 atom stereocenters. The first-order chi connectivity index (χ1) is 9.00. The summed E-state index contributed by atoms with van der Waals surface area (Å²) in [6.45, 7) is 8.18. The second-order valence-corrected chi connectivity index (χ2v) is 8.18. The standard InChI is InChI=1S/C13H20N2O2S2/c1-12(2)5-6-14-7-9-15(10-8-14)19(16,17)13-4-3-11-18-13/h3-5,11H,6-10H2,1-2H3/p+1. The molecule has 1 aliphatic heterocycles. The number of quaternary nitrogens is 1. The molecule has 0 aliphatic carbocycles. The van der Waals surface area contributed by atoms with Crippen molar-refractivity contribution < 1.29 is 13.3 Å². The molecular formula is C13H21N2O2S2+. The Labute approximate surface area is 119 Å². The van der Waals surface area contributed by atoms with Crippen molar-refractivity contribution in [2.45, 2.75) is 18.1 Å². The summed E-state index contributed by atoms with van der Waals surface area (Å²) < 4.78 is 26.7. The normalized spacial score (nSPS) is 18.4. The van der Waals surface area contributed by atoms with Gasteiger partial charge in [-0.2, -0.15) is 4.31 Å². The third-order valence-electron chi connectivity index (χ3n) is 3.32. The van der Waals surface area contributed by atoms with E-state index < -0.39 is 10.0 Å². The first-order valence-electron chi connectivity index (χ1n) is 6.51. The van der Waals surface area contributed by atoms with Gasteiger partial charge in [-0.05, 0) is 31.4 Å². The van der Waals surface area contributed by atoms with Gasteiger partial charge >= 0.3 is 0 Å². The van der Waals surface area contributed by atoms with Crippen LogP contribution in [0.15, 0.2) is 33.4 Å². The van der Waals surface area contributed by atoms with Crippen molar-refractivity contribution in [2.24, 2.45) is 0 Å². The lowest BCUT2D eigenvalue weighted by molar-refractivity contribution is -0.897. The highest BCUT2D eigenvalue weighted by atomic mass is 32.2. The zero-order chi connectivity index (χ0) is 13.9. The Bertz CT molecular complexity index is 523. The molecule has 1 fully saturated rings. The highest BCUT2D eigenvalue weighted by Crippen LogP contribution is 2.20. The van der Waals surface area contributed by atoms with Crippen molar-refractivity contribution in [3.8, 4) is 0 Å². The molecular weight excluding hydrogens is 280 g/mol. The lowest BCUT2D eigenvalue weighted by atomic mass is 10.3. The minimum atomic E-state index is -3.25. The maximum absolute atomic E-state index is 12.3. The van der Waals surface area contributed by atoms with Crippen molar-refractivity contribution in [3.63, 3.8) is 0 Å². The van der Waals surface area contributed by atoms with Gasteiger partial charge in [0.05, 0.1) is 32.7 Å². The molecule has 4 nitrogen and oxygen atoms in total. The number of hydrogen-bond acceptors (Lipinski definition) is 3. The summed E-state index contributed by atoms with van der Waals surface area (Å²) in [6, 6.07) is 3.47. The monoisotopic (exact) mass is 301 g/mol. The van der Waals surface area contributed by atoms with Crippen LogP contribution in [0.3, 0.4) is 0 Å². The lowest BCUT2D eigenvalue weighted by Gasteiger charge is -2.30. The summed E-state index contributed by atoms with van der Waals surface area (Å²) in [5.41, 5.74) is 1.32. The van der Waals surface area contributed by atoms with E-state index in [1.54, 1.807) is 16.4 Å². The van der Waals surface area contributed by atoms with E-state index >= 15 is 0 Å². The minimum Gasteiger partial charge on any atom is -0.329 e. The predicted octanol–water partition coefficient (Wildman–Crippen LogP) is 0.603. The largest absolute Gasteiger partial charge is 0.329 e. The Balaban J connectivity index is 1.95. The summed E-state index contributed by atoms with van der Waals surface area (Å²) >= 11 is 1.29. The summed E-state index contributed by atoms with van der Waals surface area (Å²) in [5, 5.41) is 1.81. The molecule has 0 aromatic carbocycles. The zero-order valence-corrected chi connectivity index (χ0v) is 13.1. The number of sulfonamides is 1. The fourth-order valence-electron chi connectivity index (χ4n) is 2.13. The van der Waals surface area contributed by atoms with Crippen molar-refractivity contribution in [2.75, 3.05) is 32.7 Å². The maximum atomic E-state index is 12.3. The van der Waals surface area contributed by atoms with Crippen LogP contribution in [0.2, 0.25) is 0 Å². The predicted molar refractivity (Wildman–Crippen MR) is 78.1 cm³/mol. The van der Waals surface area contributed by atoms with Gasteiger partial charge in [-0.15, -0.1) is 11.3 Å². The van der Waals surface area contributed by atoms with Crippen molar-refractivity contribution >= 4 is 21.4 Å². The molecule has 1 aliphatic rings.